The van der Waals surface area contributed by atoms with E-state index in [0.29, 0.717) is 12.5 Å². The molecule has 0 aromatic heterocycles. The van der Waals surface area contributed by atoms with Crippen LogP contribution >= 0.6 is 0 Å². The van der Waals surface area contributed by atoms with Crippen LogP contribution in [0.5, 0.6) is 0 Å². The number of carbonyl (C=O) groups is 1. The molecule has 1 aliphatic rings. The van der Waals surface area contributed by atoms with Gasteiger partial charge in [0.05, 0.1) is 6.61 Å². The Balaban J connectivity index is 2.66. The van der Waals surface area contributed by atoms with E-state index in [1.807, 2.05) is 6.92 Å². The van der Waals surface area contributed by atoms with Gasteiger partial charge in [-0.3, -0.25) is 10.1 Å². The molecule has 0 bridgehead atoms. The molecule has 2 N–H and O–H groups in total. The maximum atomic E-state index is 11.5. The molecule has 100 valence electrons. The van der Waals surface area contributed by atoms with Crippen LogP contribution in [-0.2, 0) is 9.53 Å². The predicted octanol–water partition coefficient (Wildman–Crippen LogP) is 2.18. The van der Waals surface area contributed by atoms with Gasteiger partial charge >= 0.3 is 5.97 Å². The van der Waals surface area contributed by atoms with Gasteiger partial charge in [-0.05, 0) is 19.3 Å². The summed E-state index contributed by atoms with van der Waals surface area (Å²) in [6, 6.07) is 0.323. The van der Waals surface area contributed by atoms with Gasteiger partial charge in [-0.1, -0.05) is 32.6 Å². The van der Waals surface area contributed by atoms with Gasteiger partial charge in [-0.25, -0.2) is 0 Å². The highest BCUT2D eigenvalue weighted by Gasteiger charge is 2.38. The van der Waals surface area contributed by atoms with Crippen LogP contribution in [0.25, 0.3) is 0 Å². The fourth-order valence-corrected chi connectivity index (χ4v) is 2.58. The third kappa shape index (κ3) is 3.96. The second-order valence-corrected chi connectivity index (χ2v) is 5.01. The van der Waals surface area contributed by atoms with Crippen LogP contribution in [0, 0.1) is 0 Å². The lowest BCUT2D eigenvalue weighted by Gasteiger charge is -2.33. The Bertz CT molecular complexity index is 237. The molecule has 1 saturated carbocycles. The maximum Gasteiger partial charge on any atom is 0.326 e. The van der Waals surface area contributed by atoms with E-state index in [1.165, 1.54) is 25.7 Å². The van der Waals surface area contributed by atoms with Crippen molar-refractivity contribution < 1.29 is 14.6 Å². The molecular weight excluding hydrogens is 218 g/mol. The number of carboxylic acids is 1. The second-order valence-electron chi connectivity index (χ2n) is 5.01. The third-order valence-corrected chi connectivity index (χ3v) is 3.74. The Morgan fingerprint density at radius 2 is 1.94 bits per heavy atom. The van der Waals surface area contributed by atoms with E-state index in [2.05, 4.69) is 5.32 Å². The summed E-state index contributed by atoms with van der Waals surface area (Å²) in [6.45, 7) is 2.13. The van der Waals surface area contributed by atoms with Crippen molar-refractivity contribution in [1.29, 1.82) is 0 Å². The van der Waals surface area contributed by atoms with Crippen molar-refractivity contribution in [2.75, 3.05) is 13.7 Å². The van der Waals surface area contributed by atoms with E-state index < -0.39 is 11.5 Å². The zero-order chi connectivity index (χ0) is 12.7. The van der Waals surface area contributed by atoms with Crippen molar-refractivity contribution in [2.45, 2.75) is 63.5 Å². The van der Waals surface area contributed by atoms with Crippen LogP contribution in [0.4, 0.5) is 0 Å². The van der Waals surface area contributed by atoms with Crippen LogP contribution in [0.2, 0.25) is 0 Å². The van der Waals surface area contributed by atoms with Gasteiger partial charge in [0, 0.05) is 13.2 Å². The van der Waals surface area contributed by atoms with E-state index in [1.54, 1.807) is 7.11 Å². The normalized spacial score (nSPS) is 21.8. The predicted molar refractivity (Wildman–Crippen MR) is 67.2 cm³/mol. The van der Waals surface area contributed by atoms with E-state index in [9.17, 15) is 9.90 Å². The third-order valence-electron chi connectivity index (χ3n) is 3.74. The number of nitrogens with one attached hydrogen (secondary N) is 1. The van der Waals surface area contributed by atoms with E-state index in [0.717, 1.165) is 12.8 Å². The quantitative estimate of drug-likeness (QED) is 0.702. The van der Waals surface area contributed by atoms with E-state index in [4.69, 9.17) is 4.74 Å². The molecule has 1 unspecified atom stereocenters. The molecule has 1 rings (SSSR count). The summed E-state index contributed by atoms with van der Waals surface area (Å²) in [5.74, 6) is -0.800. The minimum atomic E-state index is -0.913. The van der Waals surface area contributed by atoms with E-state index >= 15 is 0 Å². The lowest BCUT2D eigenvalue weighted by molar-refractivity contribution is -0.148. The summed E-state index contributed by atoms with van der Waals surface area (Å²) in [5.41, 5.74) is -0.913. The van der Waals surface area contributed by atoms with Crippen LogP contribution in [0.1, 0.15) is 51.9 Å². The Kier molecular flexibility index (Phi) is 5.92. The van der Waals surface area contributed by atoms with Crippen molar-refractivity contribution in [1.82, 2.24) is 5.32 Å². The number of rotatable bonds is 6. The summed E-state index contributed by atoms with van der Waals surface area (Å²) >= 11 is 0. The smallest absolute Gasteiger partial charge is 0.326 e. The molecular formula is C13H25NO3. The highest BCUT2D eigenvalue weighted by atomic mass is 16.5. The molecule has 17 heavy (non-hydrogen) atoms. The van der Waals surface area contributed by atoms with Crippen LogP contribution in [0.15, 0.2) is 0 Å². The molecule has 0 heterocycles. The van der Waals surface area contributed by atoms with Gasteiger partial charge in [0.1, 0.15) is 5.54 Å². The largest absolute Gasteiger partial charge is 0.480 e. The number of hydrogen-bond acceptors (Lipinski definition) is 3. The molecule has 0 amide bonds. The Labute approximate surface area is 104 Å². The molecule has 4 heteroatoms. The minimum Gasteiger partial charge on any atom is -0.480 e. The first-order valence-electron chi connectivity index (χ1n) is 6.64. The van der Waals surface area contributed by atoms with Crippen molar-refractivity contribution in [3.8, 4) is 0 Å². The zero-order valence-electron chi connectivity index (χ0n) is 11.0. The van der Waals surface area contributed by atoms with Crippen LogP contribution < -0.4 is 5.32 Å². The first-order chi connectivity index (χ1) is 8.14. The van der Waals surface area contributed by atoms with Crippen LogP contribution in [0.3, 0.4) is 0 Å². The number of ether oxygens (including phenoxy) is 1. The number of aliphatic carboxylic acids is 1. The summed E-state index contributed by atoms with van der Waals surface area (Å²) < 4.78 is 5.09. The average molecular weight is 243 g/mol. The highest BCUT2D eigenvalue weighted by molar-refractivity contribution is 5.79. The summed E-state index contributed by atoms with van der Waals surface area (Å²) in [6.07, 6.45) is 7.65. The highest BCUT2D eigenvalue weighted by Crippen LogP contribution is 2.21. The van der Waals surface area contributed by atoms with Gasteiger partial charge in [-0.15, -0.1) is 0 Å². The first kappa shape index (κ1) is 14.5. The molecule has 0 spiro atoms. The molecule has 0 saturated heterocycles. The number of methoxy groups -OCH3 is 1. The molecule has 4 nitrogen and oxygen atoms in total. The summed E-state index contributed by atoms with van der Waals surface area (Å²) in [5, 5.41) is 12.7. The monoisotopic (exact) mass is 243 g/mol. The van der Waals surface area contributed by atoms with Gasteiger partial charge in [-0.2, -0.15) is 0 Å². The van der Waals surface area contributed by atoms with Crippen molar-refractivity contribution in [3.63, 3.8) is 0 Å². The lowest BCUT2D eigenvalue weighted by Crippen LogP contribution is -2.58. The SMILES string of the molecule is CCC(COC)(NC1CCCCCC1)C(=O)O. The molecule has 0 aromatic rings. The van der Waals surface area contributed by atoms with Crippen molar-refractivity contribution in [3.05, 3.63) is 0 Å². The number of carboxylic acid groups (broad SMARTS) is 1. The van der Waals surface area contributed by atoms with E-state index in [-0.39, 0.29) is 6.61 Å². The Hall–Kier alpha value is -0.610. The lowest BCUT2D eigenvalue weighted by atomic mass is 9.94. The molecule has 0 aromatic carbocycles. The average Bonchev–Trinajstić information content (AvgIpc) is 2.56. The maximum absolute atomic E-state index is 11.5. The van der Waals surface area contributed by atoms with Crippen molar-refractivity contribution >= 4 is 5.97 Å². The number of hydrogen-bond donors (Lipinski definition) is 2. The Morgan fingerprint density at radius 3 is 2.35 bits per heavy atom. The molecule has 0 radical (unpaired) electrons. The fourth-order valence-electron chi connectivity index (χ4n) is 2.58. The fraction of sp³-hybridized carbons (Fsp3) is 0.923. The second kappa shape index (κ2) is 6.97. The van der Waals surface area contributed by atoms with Crippen LogP contribution in [-0.4, -0.2) is 36.4 Å². The van der Waals surface area contributed by atoms with Gasteiger partial charge < -0.3 is 9.84 Å². The zero-order valence-corrected chi connectivity index (χ0v) is 11.0. The Morgan fingerprint density at radius 1 is 1.35 bits per heavy atom. The standard InChI is InChI=1S/C13H25NO3/c1-3-13(10-17-2,12(15)16)14-11-8-6-4-5-7-9-11/h11,14H,3-10H2,1-2H3,(H,15,16). The topological polar surface area (TPSA) is 58.6 Å². The molecule has 1 aliphatic carbocycles. The molecule has 1 fully saturated rings. The minimum absolute atomic E-state index is 0.231. The summed E-state index contributed by atoms with van der Waals surface area (Å²) in [7, 11) is 1.56. The summed E-state index contributed by atoms with van der Waals surface area (Å²) in [4.78, 5) is 11.5. The molecule has 1 atom stereocenters. The molecule has 0 aliphatic heterocycles. The van der Waals surface area contributed by atoms with Crippen molar-refractivity contribution in [2.24, 2.45) is 0 Å². The first-order valence-corrected chi connectivity index (χ1v) is 6.64. The van der Waals surface area contributed by atoms with Gasteiger partial charge in [0.25, 0.3) is 0 Å². The van der Waals surface area contributed by atoms with Gasteiger partial charge in [0.15, 0.2) is 0 Å². The van der Waals surface area contributed by atoms with Gasteiger partial charge in [0.2, 0.25) is 0 Å².